The molecule has 2 unspecified atom stereocenters. The lowest BCUT2D eigenvalue weighted by molar-refractivity contribution is 0.0995. The predicted molar refractivity (Wildman–Crippen MR) is 71.0 cm³/mol. The number of piperidine rings is 1. The van der Waals surface area contributed by atoms with Crippen LogP contribution in [0.2, 0.25) is 0 Å². The lowest BCUT2D eigenvalue weighted by Gasteiger charge is -2.39. The molecule has 98 valence electrons. The van der Waals surface area contributed by atoms with Crippen molar-refractivity contribution in [1.82, 2.24) is 9.99 Å². The number of nitrogens with one attached hydrogen (secondary N) is 1. The smallest absolute Gasteiger partial charge is 0.267 e. The molecule has 2 atom stereocenters. The normalized spacial score (nSPS) is 24.8. The van der Waals surface area contributed by atoms with Gasteiger partial charge in [0.2, 0.25) is 0 Å². The molecule has 3 N–H and O–H groups in total. The third-order valence-corrected chi connectivity index (χ3v) is 3.46. The van der Waals surface area contributed by atoms with Crippen LogP contribution in [0.5, 0.6) is 0 Å². The van der Waals surface area contributed by atoms with E-state index in [1.54, 1.807) is 12.3 Å². The van der Waals surface area contributed by atoms with Gasteiger partial charge < -0.3 is 11.2 Å². The minimum atomic E-state index is -0.501. The lowest BCUT2D eigenvalue weighted by atomic mass is 10.00. The molecule has 0 aliphatic carbocycles. The van der Waals surface area contributed by atoms with E-state index in [9.17, 15) is 4.79 Å². The highest BCUT2D eigenvalue weighted by atomic mass is 16.1. The number of nitrogens with zero attached hydrogens (tertiary/aromatic N) is 2. The van der Waals surface area contributed by atoms with E-state index in [0.717, 1.165) is 5.69 Å². The molecule has 5 heteroatoms. The van der Waals surface area contributed by atoms with Crippen molar-refractivity contribution in [2.45, 2.75) is 45.2 Å². The van der Waals surface area contributed by atoms with E-state index in [1.165, 1.54) is 19.3 Å². The van der Waals surface area contributed by atoms with Crippen LogP contribution in [0.4, 0.5) is 5.69 Å². The van der Waals surface area contributed by atoms with E-state index in [4.69, 9.17) is 5.73 Å². The summed E-state index contributed by atoms with van der Waals surface area (Å²) >= 11 is 0. The van der Waals surface area contributed by atoms with Gasteiger partial charge in [-0.2, -0.15) is 0 Å². The molecule has 1 amide bonds. The Bertz CT molecular complexity index is 425. The Balaban J connectivity index is 2.12. The van der Waals surface area contributed by atoms with Crippen molar-refractivity contribution in [3.63, 3.8) is 0 Å². The summed E-state index contributed by atoms with van der Waals surface area (Å²) in [6.07, 6.45) is 5.24. The van der Waals surface area contributed by atoms with Crippen molar-refractivity contribution in [2.24, 2.45) is 5.73 Å². The Kier molecular flexibility index (Phi) is 3.81. The fraction of sp³-hybridized carbons (Fsp3) is 0.538. The third kappa shape index (κ3) is 2.79. The maximum absolute atomic E-state index is 11.1. The number of hydrazine groups is 1. The first-order chi connectivity index (χ1) is 8.58. The second-order valence-electron chi connectivity index (χ2n) is 4.94. The first kappa shape index (κ1) is 12.8. The van der Waals surface area contributed by atoms with Crippen LogP contribution < -0.4 is 11.2 Å². The van der Waals surface area contributed by atoms with Crippen molar-refractivity contribution in [3.05, 3.63) is 24.0 Å². The monoisotopic (exact) mass is 248 g/mol. The summed E-state index contributed by atoms with van der Waals surface area (Å²) in [5, 5.41) is 2.24. The van der Waals surface area contributed by atoms with Crippen LogP contribution in [0.15, 0.2) is 18.3 Å². The van der Waals surface area contributed by atoms with Crippen LogP contribution in [-0.4, -0.2) is 28.0 Å². The number of pyridine rings is 1. The van der Waals surface area contributed by atoms with Gasteiger partial charge in [0.05, 0.1) is 5.69 Å². The molecule has 1 aromatic rings. The third-order valence-electron chi connectivity index (χ3n) is 3.46. The zero-order valence-corrected chi connectivity index (χ0v) is 10.9. The molecule has 1 aliphatic rings. The average molecular weight is 248 g/mol. The lowest BCUT2D eigenvalue weighted by Crippen LogP contribution is -2.47. The number of carbonyl (C=O) groups excluding carboxylic acids is 1. The molecule has 18 heavy (non-hydrogen) atoms. The zero-order chi connectivity index (χ0) is 13.1. The van der Waals surface area contributed by atoms with E-state index in [0.29, 0.717) is 12.1 Å². The molecule has 1 aromatic heterocycles. The van der Waals surface area contributed by atoms with Crippen LogP contribution in [0.3, 0.4) is 0 Å². The Labute approximate surface area is 107 Å². The summed E-state index contributed by atoms with van der Waals surface area (Å²) in [4.78, 5) is 15.0. The second-order valence-corrected chi connectivity index (χ2v) is 4.94. The van der Waals surface area contributed by atoms with Gasteiger partial charge in [-0.3, -0.25) is 9.78 Å². The van der Waals surface area contributed by atoms with Crippen LogP contribution in [-0.2, 0) is 0 Å². The molecule has 0 aromatic carbocycles. The Morgan fingerprint density at radius 1 is 1.44 bits per heavy atom. The summed E-state index contributed by atoms with van der Waals surface area (Å²) in [5.41, 5.74) is 9.74. The zero-order valence-electron chi connectivity index (χ0n) is 10.9. The molecular formula is C13H20N4O. The predicted octanol–water partition coefficient (Wildman–Crippen LogP) is 1.77. The highest BCUT2D eigenvalue weighted by Gasteiger charge is 2.24. The van der Waals surface area contributed by atoms with Crippen molar-refractivity contribution in [3.8, 4) is 0 Å². The van der Waals surface area contributed by atoms with E-state index in [1.807, 2.05) is 6.07 Å². The fourth-order valence-corrected chi connectivity index (χ4v) is 2.43. The van der Waals surface area contributed by atoms with Gasteiger partial charge in [0, 0.05) is 18.3 Å². The van der Waals surface area contributed by atoms with Crippen LogP contribution >= 0.6 is 0 Å². The minimum Gasteiger partial charge on any atom is -0.364 e. The van der Waals surface area contributed by atoms with Gasteiger partial charge in [0.15, 0.2) is 0 Å². The molecule has 2 heterocycles. The number of anilines is 1. The van der Waals surface area contributed by atoms with Gasteiger partial charge in [-0.15, -0.1) is 0 Å². The van der Waals surface area contributed by atoms with E-state index in [2.05, 4.69) is 29.3 Å². The molecule has 1 saturated heterocycles. The van der Waals surface area contributed by atoms with Crippen molar-refractivity contribution >= 4 is 11.6 Å². The van der Waals surface area contributed by atoms with Gasteiger partial charge in [-0.05, 0) is 38.8 Å². The summed E-state index contributed by atoms with van der Waals surface area (Å²) in [7, 11) is 0. The fourth-order valence-electron chi connectivity index (χ4n) is 2.43. The summed E-state index contributed by atoms with van der Waals surface area (Å²) in [5.74, 6) is -0.501. The number of nitrogens with two attached hydrogens (primary N) is 1. The minimum absolute atomic E-state index is 0.289. The highest BCUT2D eigenvalue weighted by molar-refractivity contribution is 5.91. The number of primary amides is 1. The first-order valence-electron chi connectivity index (χ1n) is 6.39. The summed E-state index contributed by atoms with van der Waals surface area (Å²) in [6.45, 7) is 4.41. The maximum atomic E-state index is 11.1. The average Bonchev–Trinajstić information content (AvgIpc) is 2.34. The van der Waals surface area contributed by atoms with E-state index in [-0.39, 0.29) is 5.69 Å². The first-order valence-corrected chi connectivity index (χ1v) is 6.39. The van der Waals surface area contributed by atoms with Crippen LogP contribution in [0.25, 0.3) is 0 Å². The number of aromatic nitrogens is 1. The molecule has 1 fully saturated rings. The van der Waals surface area contributed by atoms with Crippen molar-refractivity contribution < 1.29 is 4.79 Å². The number of amides is 1. The topological polar surface area (TPSA) is 71.2 Å². The maximum Gasteiger partial charge on any atom is 0.267 e. The van der Waals surface area contributed by atoms with Crippen LogP contribution in [0, 0.1) is 0 Å². The molecular weight excluding hydrogens is 228 g/mol. The van der Waals surface area contributed by atoms with Gasteiger partial charge in [0.25, 0.3) is 5.91 Å². The Morgan fingerprint density at radius 2 is 2.11 bits per heavy atom. The molecule has 0 spiro atoms. The Hall–Kier alpha value is -1.62. The van der Waals surface area contributed by atoms with Crippen molar-refractivity contribution in [2.75, 3.05) is 5.43 Å². The second kappa shape index (κ2) is 5.35. The summed E-state index contributed by atoms with van der Waals surface area (Å²) in [6, 6.07) is 4.51. The van der Waals surface area contributed by atoms with Gasteiger partial charge >= 0.3 is 0 Å². The highest BCUT2D eigenvalue weighted by Crippen LogP contribution is 2.23. The van der Waals surface area contributed by atoms with Gasteiger partial charge in [-0.25, -0.2) is 5.01 Å². The Morgan fingerprint density at radius 3 is 2.72 bits per heavy atom. The largest absolute Gasteiger partial charge is 0.364 e. The van der Waals surface area contributed by atoms with E-state index >= 15 is 0 Å². The van der Waals surface area contributed by atoms with Crippen molar-refractivity contribution in [1.29, 1.82) is 0 Å². The van der Waals surface area contributed by atoms with Gasteiger partial charge in [-0.1, -0.05) is 6.42 Å². The van der Waals surface area contributed by atoms with Gasteiger partial charge in [0.1, 0.15) is 5.69 Å². The number of carbonyl (C=O) groups is 1. The molecule has 0 bridgehead atoms. The van der Waals surface area contributed by atoms with Crippen LogP contribution in [0.1, 0.15) is 43.6 Å². The standard InChI is InChI=1S/C13H20N4O/c1-9-4-3-5-10(2)17(9)16-11-6-7-15-12(8-11)13(14)18/h6-10H,3-5H2,1-2H3,(H2,14,18)(H,15,16). The molecule has 0 saturated carbocycles. The SMILES string of the molecule is CC1CCCC(C)N1Nc1ccnc(C(N)=O)c1. The number of rotatable bonds is 3. The molecule has 5 nitrogen and oxygen atoms in total. The number of hydrogen-bond acceptors (Lipinski definition) is 4. The number of hydrogen-bond donors (Lipinski definition) is 2. The molecule has 1 aliphatic heterocycles. The molecule has 0 radical (unpaired) electrons. The summed E-state index contributed by atoms with van der Waals surface area (Å²) < 4.78 is 0. The van der Waals surface area contributed by atoms with E-state index < -0.39 is 5.91 Å². The molecule has 2 rings (SSSR count). The quantitative estimate of drug-likeness (QED) is 0.855.